The van der Waals surface area contributed by atoms with E-state index in [-0.39, 0.29) is 0 Å². The maximum Gasteiger partial charge on any atom is 0.119 e. The Morgan fingerprint density at radius 2 is 2.10 bits per heavy atom. The standard InChI is InChI=1S/C18H29NO2/c1-5-10-21-18-8-6-7-16(13-18)12-17(15(2)3)14-19-9-11-20-4/h6-8,12-13,15,19H,5,9-11,14H2,1-4H3. The zero-order valence-corrected chi connectivity index (χ0v) is 13.8. The van der Waals surface area contributed by atoms with Crippen molar-refractivity contribution in [1.29, 1.82) is 0 Å². The molecule has 1 rings (SSSR count). The van der Waals surface area contributed by atoms with Gasteiger partial charge in [-0.15, -0.1) is 0 Å². The molecular formula is C18H29NO2. The summed E-state index contributed by atoms with van der Waals surface area (Å²) in [6, 6.07) is 8.29. The molecule has 3 heteroatoms. The van der Waals surface area contributed by atoms with Gasteiger partial charge in [-0.3, -0.25) is 0 Å². The molecular weight excluding hydrogens is 262 g/mol. The first-order valence-electron chi connectivity index (χ1n) is 7.80. The van der Waals surface area contributed by atoms with Gasteiger partial charge in [0.25, 0.3) is 0 Å². The van der Waals surface area contributed by atoms with Crippen molar-refractivity contribution in [2.45, 2.75) is 27.2 Å². The topological polar surface area (TPSA) is 30.5 Å². The van der Waals surface area contributed by atoms with Gasteiger partial charge in [0.2, 0.25) is 0 Å². The summed E-state index contributed by atoms with van der Waals surface area (Å²) in [7, 11) is 1.72. The molecule has 21 heavy (non-hydrogen) atoms. The summed E-state index contributed by atoms with van der Waals surface area (Å²) in [6.07, 6.45) is 3.28. The lowest BCUT2D eigenvalue weighted by molar-refractivity contribution is 0.200. The molecule has 0 spiro atoms. The van der Waals surface area contributed by atoms with Gasteiger partial charge in [0.05, 0.1) is 13.2 Å². The van der Waals surface area contributed by atoms with Crippen molar-refractivity contribution in [1.82, 2.24) is 5.32 Å². The van der Waals surface area contributed by atoms with Crippen molar-refractivity contribution in [3.05, 3.63) is 35.4 Å². The highest BCUT2D eigenvalue weighted by molar-refractivity contribution is 5.55. The molecule has 1 N–H and O–H groups in total. The van der Waals surface area contributed by atoms with Crippen LogP contribution in [0.3, 0.4) is 0 Å². The van der Waals surface area contributed by atoms with Gasteiger partial charge in [-0.1, -0.05) is 44.6 Å². The van der Waals surface area contributed by atoms with E-state index < -0.39 is 0 Å². The lowest BCUT2D eigenvalue weighted by atomic mass is 10.00. The maximum atomic E-state index is 5.69. The smallest absolute Gasteiger partial charge is 0.119 e. The molecule has 0 aliphatic carbocycles. The minimum atomic E-state index is 0.514. The molecule has 0 unspecified atom stereocenters. The van der Waals surface area contributed by atoms with Gasteiger partial charge in [0, 0.05) is 20.2 Å². The maximum absolute atomic E-state index is 5.69. The fourth-order valence-electron chi connectivity index (χ4n) is 1.96. The Bertz CT molecular complexity index is 427. The van der Waals surface area contributed by atoms with Gasteiger partial charge in [-0.2, -0.15) is 0 Å². The van der Waals surface area contributed by atoms with Crippen LogP contribution in [0, 0.1) is 5.92 Å². The summed E-state index contributed by atoms with van der Waals surface area (Å²) < 4.78 is 10.7. The zero-order chi connectivity index (χ0) is 15.5. The predicted molar refractivity (Wildman–Crippen MR) is 89.8 cm³/mol. The van der Waals surface area contributed by atoms with Crippen LogP contribution in [0.5, 0.6) is 5.75 Å². The Labute approximate surface area is 129 Å². The summed E-state index contributed by atoms with van der Waals surface area (Å²) in [5.41, 5.74) is 2.58. The summed E-state index contributed by atoms with van der Waals surface area (Å²) >= 11 is 0. The minimum absolute atomic E-state index is 0.514. The first kappa shape index (κ1) is 17.7. The Balaban J connectivity index is 2.70. The van der Waals surface area contributed by atoms with Gasteiger partial charge in [-0.05, 0) is 30.0 Å². The van der Waals surface area contributed by atoms with Crippen molar-refractivity contribution < 1.29 is 9.47 Å². The first-order chi connectivity index (χ1) is 10.2. The predicted octanol–water partition coefficient (Wildman–Crippen LogP) is 3.75. The second-order valence-electron chi connectivity index (χ2n) is 5.46. The van der Waals surface area contributed by atoms with Gasteiger partial charge in [-0.25, -0.2) is 0 Å². The molecule has 0 aliphatic heterocycles. The third-order valence-corrected chi connectivity index (χ3v) is 3.24. The summed E-state index contributed by atoms with van der Waals surface area (Å²) in [5, 5.41) is 3.41. The molecule has 118 valence electrons. The molecule has 1 aromatic carbocycles. The van der Waals surface area contributed by atoms with Gasteiger partial charge in [0.1, 0.15) is 5.75 Å². The normalized spacial score (nSPS) is 12.0. The minimum Gasteiger partial charge on any atom is -0.494 e. The highest BCUT2D eigenvalue weighted by atomic mass is 16.5. The number of methoxy groups -OCH3 is 1. The molecule has 0 aromatic heterocycles. The zero-order valence-electron chi connectivity index (χ0n) is 13.8. The van der Waals surface area contributed by atoms with Crippen molar-refractivity contribution in [2.75, 3.05) is 33.4 Å². The van der Waals surface area contributed by atoms with Crippen LogP contribution >= 0.6 is 0 Å². The molecule has 0 fully saturated rings. The fourth-order valence-corrected chi connectivity index (χ4v) is 1.96. The summed E-state index contributed by atoms with van der Waals surface area (Å²) in [5.74, 6) is 1.46. The van der Waals surface area contributed by atoms with E-state index in [1.165, 1.54) is 11.1 Å². The third-order valence-electron chi connectivity index (χ3n) is 3.24. The number of hydrogen-bond acceptors (Lipinski definition) is 3. The van der Waals surface area contributed by atoms with E-state index in [0.717, 1.165) is 38.5 Å². The van der Waals surface area contributed by atoms with E-state index in [1.54, 1.807) is 7.11 Å². The van der Waals surface area contributed by atoms with E-state index in [2.05, 4.69) is 44.3 Å². The van der Waals surface area contributed by atoms with E-state index in [1.807, 2.05) is 12.1 Å². The van der Waals surface area contributed by atoms with Crippen molar-refractivity contribution in [2.24, 2.45) is 5.92 Å². The summed E-state index contributed by atoms with van der Waals surface area (Å²) in [6.45, 7) is 9.84. The SMILES string of the molecule is CCCOc1cccc(C=C(CNCCOC)C(C)C)c1. The fraction of sp³-hybridized carbons (Fsp3) is 0.556. The number of rotatable bonds is 10. The number of hydrogen-bond donors (Lipinski definition) is 1. The highest BCUT2D eigenvalue weighted by Gasteiger charge is 2.04. The molecule has 0 saturated heterocycles. The number of ether oxygens (including phenoxy) is 2. The number of benzene rings is 1. The van der Waals surface area contributed by atoms with E-state index in [4.69, 9.17) is 9.47 Å². The van der Waals surface area contributed by atoms with Crippen molar-refractivity contribution in [3.63, 3.8) is 0 Å². The molecule has 0 saturated carbocycles. The largest absolute Gasteiger partial charge is 0.494 e. The van der Waals surface area contributed by atoms with Crippen LogP contribution in [0.2, 0.25) is 0 Å². The molecule has 0 radical (unpaired) electrons. The highest BCUT2D eigenvalue weighted by Crippen LogP contribution is 2.19. The first-order valence-corrected chi connectivity index (χ1v) is 7.80. The van der Waals surface area contributed by atoms with Gasteiger partial charge >= 0.3 is 0 Å². The lowest BCUT2D eigenvalue weighted by Crippen LogP contribution is -2.23. The van der Waals surface area contributed by atoms with Crippen LogP contribution in [0.4, 0.5) is 0 Å². The van der Waals surface area contributed by atoms with Crippen LogP contribution in [0.15, 0.2) is 29.8 Å². The van der Waals surface area contributed by atoms with Crippen LogP contribution in [0.25, 0.3) is 6.08 Å². The Hall–Kier alpha value is -1.32. The second kappa shape index (κ2) is 10.4. The van der Waals surface area contributed by atoms with Crippen LogP contribution < -0.4 is 10.1 Å². The second-order valence-corrected chi connectivity index (χ2v) is 5.46. The van der Waals surface area contributed by atoms with Crippen molar-refractivity contribution >= 4 is 6.08 Å². The molecule has 0 aliphatic rings. The average molecular weight is 291 g/mol. The molecule has 0 amide bonds. The molecule has 3 nitrogen and oxygen atoms in total. The average Bonchev–Trinajstić information content (AvgIpc) is 2.48. The Kier molecular flexibility index (Phi) is 8.79. The van der Waals surface area contributed by atoms with Crippen LogP contribution in [-0.2, 0) is 4.74 Å². The lowest BCUT2D eigenvalue weighted by Gasteiger charge is -2.13. The third kappa shape index (κ3) is 7.30. The van der Waals surface area contributed by atoms with E-state index in [9.17, 15) is 0 Å². The van der Waals surface area contributed by atoms with Crippen LogP contribution in [0.1, 0.15) is 32.8 Å². The van der Waals surface area contributed by atoms with Crippen LogP contribution in [-0.4, -0.2) is 33.4 Å². The van der Waals surface area contributed by atoms with Gasteiger partial charge < -0.3 is 14.8 Å². The quantitative estimate of drug-likeness (QED) is 0.666. The van der Waals surface area contributed by atoms with E-state index >= 15 is 0 Å². The monoisotopic (exact) mass is 291 g/mol. The molecule has 0 bridgehead atoms. The van der Waals surface area contributed by atoms with E-state index in [0.29, 0.717) is 5.92 Å². The molecule has 0 atom stereocenters. The Morgan fingerprint density at radius 1 is 1.29 bits per heavy atom. The molecule has 0 heterocycles. The van der Waals surface area contributed by atoms with Gasteiger partial charge in [0.15, 0.2) is 0 Å². The van der Waals surface area contributed by atoms with Crippen molar-refractivity contribution in [3.8, 4) is 5.75 Å². The molecule has 1 aromatic rings. The number of nitrogens with one attached hydrogen (secondary N) is 1. The Morgan fingerprint density at radius 3 is 2.76 bits per heavy atom. The summed E-state index contributed by atoms with van der Waals surface area (Å²) in [4.78, 5) is 0.